The van der Waals surface area contributed by atoms with Gasteiger partial charge in [-0.15, -0.1) is 13.2 Å². The van der Waals surface area contributed by atoms with Crippen LogP contribution in [-0.4, -0.2) is 67.2 Å². The number of halogens is 3. The molecule has 0 atom stereocenters. The van der Waals surface area contributed by atoms with Gasteiger partial charge in [0.15, 0.2) is 5.69 Å². The number of nitrogens with zero attached hydrogens (tertiary/aromatic N) is 4. The van der Waals surface area contributed by atoms with Gasteiger partial charge in [0, 0.05) is 43.2 Å². The first-order valence-electron chi connectivity index (χ1n) is 11.4. The Hall–Kier alpha value is -3.58. The third-order valence-electron chi connectivity index (χ3n) is 5.88. The van der Waals surface area contributed by atoms with Gasteiger partial charge >= 0.3 is 6.36 Å². The highest BCUT2D eigenvalue weighted by Gasteiger charge is 2.31. The number of ether oxygens (including phenoxy) is 1. The zero-order valence-corrected chi connectivity index (χ0v) is 21.0. The molecule has 0 saturated carbocycles. The summed E-state index contributed by atoms with van der Waals surface area (Å²) in [6.07, 6.45) is -3.57. The SMILES string of the molecule is Cc1cc(C(=O)Nc2ccc(OC(F)(F)F)cc2)nn1Cc1cccc(N2CCN(S(C)(=O)=O)CC2)c1. The van der Waals surface area contributed by atoms with Gasteiger partial charge < -0.3 is 15.0 Å². The van der Waals surface area contributed by atoms with Crippen molar-refractivity contribution in [3.63, 3.8) is 0 Å². The van der Waals surface area contributed by atoms with Crippen LogP contribution in [0.3, 0.4) is 0 Å². The van der Waals surface area contributed by atoms with E-state index in [1.165, 1.54) is 22.7 Å². The van der Waals surface area contributed by atoms with Crippen molar-refractivity contribution >= 4 is 27.3 Å². The molecular formula is C24H26F3N5O4S. The molecule has 0 unspecified atom stereocenters. The largest absolute Gasteiger partial charge is 0.573 e. The zero-order chi connectivity index (χ0) is 26.8. The van der Waals surface area contributed by atoms with E-state index in [1.54, 1.807) is 10.7 Å². The number of piperazine rings is 1. The smallest absolute Gasteiger partial charge is 0.406 e. The second kappa shape index (κ2) is 10.4. The minimum atomic E-state index is -4.79. The Morgan fingerprint density at radius 2 is 1.73 bits per heavy atom. The number of hydrogen-bond donors (Lipinski definition) is 1. The number of rotatable bonds is 7. The van der Waals surface area contributed by atoms with Crippen molar-refractivity contribution in [1.82, 2.24) is 14.1 Å². The van der Waals surface area contributed by atoms with Gasteiger partial charge in [-0.3, -0.25) is 9.48 Å². The number of sulfonamides is 1. The van der Waals surface area contributed by atoms with E-state index in [1.807, 2.05) is 31.2 Å². The van der Waals surface area contributed by atoms with Crippen molar-refractivity contribution in [2.75, 3.05) is 42.7 Å². The van der Waals surface area contributed by atoms with Crippen LogP contribution in [0.1, 0.15) is 21.7 Å². The molecule has 1 aromatic heterocycles. The molecule has 3 aromatic rings. The molecule has 4 rings (SSSR count). The predicted octanol–water partition coefficient (Wildman–Crippen LogP) is 3.47. The number of benzene rings is 2. The number of hydrogen-bond acceptors (Lipinski definition) is 6. The second-order valence-corrected chi connectivity index (χ2v) is 10.7. The van der Waals surface area contributed by atoms with Crippen LogP contribution >= 0.6 is 0 Å². The summed E-state index contributed by atoms with van der Waals surface area (Å²) in [6, 6.07) is 14.3. The van der Waals surface area contributed by atoms with Crippen LogP contribution < -0.4 is 15.0 Å². The number of amides is 1. The maximum absolute atomic E-state index is 12.7. The van der Waals surface area contributed by atoms with Gasteiger partial charge in [-0.1, -0.05) is 12.1 Å². The number of alkyl halides is 3. The van der Waals surface area contributed by atoms with E-state index in [4.69, 9.17) is 0 Å². The molecular weight excluding hydrogens is 511 g/mol. The van der Waals surface area contributed by atoms with Gasteiger partial charge in [-0.25, -0.2) is 8.42 Å². The van der Waals surface area contributed by atoms with E-state index in [9.17, 15) is 26.4 Å². The van der Waals surface area contributed by atoms with E-state index in [0.717, 1.165) is 29.1 Å². The van der Waals surface area contributed by atoms with Crippen LogP contribution in [0.5, 0.6) is 5.75 Å². The average molecular weight is 538 g/mol. The fourth-order valence-corrected chi connectivity index (χ4v) is 4.85. The summed E-state index contributed by atoms with van der Waals surface area (Å²) < 4.78 is 67.4. The highest BCUT2D eigenvalue weighted by molar-refractivity contribution is 7.88. The van der Waals surface area contributed by atoms with Crippen LogP contribution in [0.25, 0.3) is 0 Å². The van der Waals surface area contributed by atoms with Crippen molar-refractivity contribution in [3.05, 3.63) is 71.5 Å². The van der Waals surface area contributed by atoms with E-state index >= 15 is 0 Å². The van der Waals surface area contributed by atoms with Gasteiger partial charge in [-0.05, 0) is 55.0 Å². The fraction of sp³-hybridized carbons (Fsp3) is 0.333. The fourth-order valence-electron chi connectivity index (χ4n) is 4.02. The van der Waals surface area contributed by atoms with Crippen LogP contribution in [0.2, 0.25) is 0 Å². The molecule has 1 aliphatic rings. The summed E-state index contributed by atoms with van der Waals surface area (Å²) in [4.78, 5) is 14.8. The van der Waals surface area contributed by atoms with Crippen LogP contribution in [0, 0.1) is 6.92 Å². The minimum absolute atomic E-state index is 0.168. The molecule has 1 amide bonds. The topological polar surface area (TPSA) is 96.8 Å². The Kier molecular flexibility index (Phi) is 7.46. The molecule has 13 heteroatoms. The Morgan fingerprint density at radius 1 is 1.05 bits per heavy atom. The van der Waals surface area contributed by atoms with Crippen molar-refractivity contribution < 1.29 is 31.1 Å². The predicted molar refractivity (Wildman–Crippen MR) is 132 cm³/mol. The molecule has 0 aliphatic carbocycles. The Balaban J connectivity index is 1.39. The third kappa shape index (κ3) is 7.01. The molecule has 1 aliphatic heterocycles. The van der Waals surface area contributed by atoms with Crippen molar-refractivity contribution in [3.8, 4) is 5.75 Å². The summed E-state index contributed by atoms with van der Waals surface area (Å²) in [7, 11) is -3.20. The molecule has 37 heavy (non-hydrogen) atoms. The highest BCUT2D eigenvalue weighted by Crippen LogP contribution is 2.24. The van der Waals surface area contributed by atoms with Crippen LogP contribution in [-0.2, 0) is 16.6 Å². The van der Waals surface area contributed by atoms with Gasteiger partial charge in [0.25, 0.3) is 5.91 Å². The Labute approximate surface area is 212 Å². The normalized spacial score (nSPS) is 15.0. The maximum Gasteiger partial charge on any atom is 0.573 e. The summed E-state index contributed by atoms with van der Waals surface area (Å²) in [5, 5.41) is 7.00. The molecule has 1 N–H and O–H groups in total. The molecule has 9 nitrogen and oxygen atoms in total. The summed E-state index contributed by atoms with van der Waals surface area (Å²) in [5.74, 6) is -0.881. The van der Waals surface area contributed by atoms with Crippen LogP contribution in [0.15, 0.2) is 54.6 Å². The van der Waals surface area contributed by atoms with Gasteiger partial charge in [0.05, 0.1) is 12.8 Å². The van der Waals surface area contributed by atoms with E-state index < -0.39 is 22.3 Å². The molecule has 198 valence electrons. The number of aromatic nitrogens is 2. The lowest BCUT2D eigenvalue weighted by molar-refractivity contribution is -0.274. The number of carbonyl (C=O) groups excluding carboxylic acids is 1. The molecule has 0 spiro atoms. The lowest BCUT2D eigenvalue weighted by atomic mass is 10.1. The average Bonchev–Trinajstić information content (AvgIpc) is 3.19. The third-order valence-corrected chi connectivity index (χ3v) is 7.18. The standard InChI is InChI=1S/C24H26F3N5O4S/c1-17-14-22(23(33)28-19-6-8-21(9-7-19)36-24(25,26)27)29-32(17)16-18-4-3-5-20(15-18)30-10-12-31(13-11-30)37(2,34)35/h3-9,14-15H,10-13,16H2,1-2H3,(H,28,33). The highest BCUT2D eigenvalue weighted by atomic mass is 32.2. The van der Waals surface area contributed by atoms with Crippen molar-refractivity contribution in [2.24, 2.45) is 0 Å². The van der Waals surface area contributed by atoms with E-state index in [0.29, 0.717) is 38.4 Å². The monoisotopic (exact) mass is 537 g/mol. The van der Waals surface area contributed by atoms with Gasteiger partial charge in [0.2, 0.25) is 10.0 Å². The number of aryl methyl sites for hydroxylation is 1. The Bertz CT molecular complexity index is 1370. The molecule has 2 heterocycles. The summed E-state index contributed by atoms with van der Waals surface area (Å²) in [5.41, 5.74) is 3.16. The summed E-state index contributed by atoms with van der Waals surface area (Å²) >= 11 is 0. The maximum atomic E-state index is 12.7. The number of carbonyl (C=O) groups is 1. The van der Waals surface area contributed by atoms with Crippen LogP contribution in [0.4, 0.5) is 24.5 Å². The molecule has 1 fully saturated rings. The zero-order valence-electron chi connectivity index (χ0n) is 20.2. The van der Waals surface area contributed by atoms with E-state index in [2.05, 4.69) is 20.1 Å². The van der Waals surface area contributed by atoms with E-state index in [-0.39, 0.29) is 11.4 Å². The Morgan fingerprint density at radius 3 is 2.35 bits per heavy atom. The molecule has 0 bridgehead atoms. The van der Waals surface area contributed by atoms with Crippen molar-refractivity contribution in [1.29, 1.82) is 0 Å². The number of nitrogens with one attached hydrogen (secondary N) is 1. The lowest BCUT2D eigenvalue weighted by Crippen LogP contribution is -2.48. The molecule has 0 radical (unpaired) electrons. The first-order chi connectivity index (χ1) is 17.4. The quantitative estimate of drug-likeness (QED) is 0.496. The lowest BCUT2D eigenvalue weighted by Gasteiger charge is -2.34. The minimum Gasteiger partial charge on any atom is -0.406 e. The first kappa shape index (κ1) is 26.5. The van der Waals surface area contributed by atoms with Gasteiger partial charge in [-0.2, -0.15) is 9.40 Å². The number of anilines is 2. The first-order valence-corrected chi connectivity index (χ1v) is 13.2. The summed E-state index contributed by atoms with van der Waals surface area (Å²) in [6.45, 7) is 4.27. The van der Waals surface area contributed by atoms with Gasteiger partial charge in [0.1, 0.15) is 5.75 Å². The second-order valence-electron chi connectivity index (χ2n) is 8.67. The van der Waals surface area contributed by atoms with Crippen molar-refractivity contribution in [2.45, 2.75) is 19.8 Å². The molecule has 1 saturated heterocycles. The molecule has 2 aromatic carbocycles.